The van der Waals surface area contributed by atoms with Crippen LogP contribution >= 0.6 is 0 Å². The Morgan fingerprint density at radius 1 is 0.368 bits per heavy atom. The number of rotatable bonds is 33. The molecule has 0 aliphatic rings. The van der Waals surface area contributed by atoms with Crippen LogP contribution in [0.4, 0.5) is 0 Å². The zero-order valence-electron chi connectivity index (χ0n) is 26.1. The molecule has 4 heteroatoms. The third kappa shape index (κ3) is 33.4. The van der Waals surface area contributed by atoms with Gasteiger partial charge in [-0.25, -0.2) is 0 Å². The first-order valence-corrected chi connectivity index (χ1v) is 17.1. The van der Waals surface area contributed by atoms with Crippen LogP contribution in [0.25, 0.3) is 0 Å². The van der Waals surface area contributed by atoms with E-state index in [2.05, 4.69) is 13.8 Å². The summed E-state index contributed by atoms with van der Waals surface area (Å²) >= 11 is 0. The fraction of sp³-hybridized carbons (Fsp3) is 0.971. The lowest BCUT2D eigenvalue weighted by Crippen LogP contribution is -2.13. The summed E-state index contributed by atoms with van der Waals surface area (Å²) < 4.78 is 16.4. The van der Waals surface area contributed by atoms with Gasteiger partial charge in [0.1, 0.15) is 6.61 Å². The highest BCUT2D eigenvalue weighted by Crippen LogP contribution is 2.14. The summed E-state index contributed by atoms with van der Waals surface area (Å²) in [6.45, 7) is 7.41. The van der Waals surface area contributed by atoms with Crippen molar-refractivity contribution in [3.63, 3.8) is 0 Å². The second kappa shape index (κ2) is 34.4. The van der Waals surface area contributed by atoms with Gasteiger partial charge in [0.2, 0.25) is 0 Å². The molecule has 0 unspecified atom stereocenters. The molecule has 0 rings (SSSR count). The van der Waals surface area contributed by atoms with E-state index in [4.69, 9.17) is 14.2 Å². The average molecular weight is 541 g/mol. The normalized spacial score (nSPS) is 11.3. The van der Waals surface area contributed by atoms with Gasteiger partial charge in [0, 0.05) is 13.0 Å². The minimum absolute atomic E-state index is 0.0829. The van der Waals surface area contributed by atoms with Crippen molar-refractivity contribution in [1.82, 2.24) is 0 Å². The Hall–Kier alpha value is -0.610. The Kier molecular flexibility index (Phi) is 33.9. The third-order valence-electron chi connectivity index (χ3n) is 7.49. The van der Waals surface area contributed by atoms with Crippen molar-refractivity contribution in [3.05, 3.63) is 0 Å². The van der Waals surface area contributed by atoms with Crippen LogP contribution in [0.15, 0.2) is 0 Å². The monoisotopic (exact) mass is 541 g/mol. The van der Waals surface area contributed by atoms with Crippen molar-refractivity contribution in [1.29, 1.82) is 0 Å². The lowest BCUT2D eigenvalue weighted by Gasteiger charge is -2.07. The second-order valence-electron chi connectivity index (χ2n) is 11.3. The Balaban J connectivity index is 3.14. The summed E-state index contributed by atoms with van der Waals surface area (Å²) in [7, 11) is 0. The van der Waals surface area contributed by atoms with Crippen LogP contribution in [0.1, 0.15) is 181 Å². The standard InChI is InChI=1S/C34H68O4/c1-3-5-7-9-11-13-15-16-17-18-19-20-22-24-26-28-34(35)38-33-32-37-31-30-36-29-27-25-23-21-14-12-10-8-6-4-2/h3-33H2,1-2H3. The molecule has 0 amide bonds. The topological polar surface area (TPSA) is 44.8 Å². The minimum Gasteiger partial charge on any atom is -0.463 e. The van der Waals surface area contributed by atoms with E-state index in [0.29, 0.717) is 32.8 Å². The fourth-order valence-electron chi connectivity index (χ4n) is 4.94. The van der Waals surface area contributed by atoms with Crippen LogP contribution in [0, 0.1) is 0 Å². The second-order valence-corrected chi connectivity index (χ2v) is 11.3. The molecular weight excluding hydrogens is 472 g/mol. The van der Waals surface area contributed by atoms with Crippen molar-refractivity contribution in [2.75, 3.05) is 33.0 Å². The molecule has 4 nitrogen and oxygen atoms in total. The molecule has 38 heavy (non-hydrogen) atoms. The van der Waals surface area contributed by atoms with E-state index in [-0.39, 0.29) is 5.97 Å². The van der Waals surface area contributed by atoms with Gasteiger partial charge in [-0.3, -0.25) is 4.79 Å². The van der Waals surface area contributed by atoms with Crippen molar-refractivity contribution >= 4 is 5.97 Å². The SMILES string of the molecule is CCCCCCCCCCCCCCCCCC(=O)OCCOCCOCCCCCCCCCCCC. The summed E-state index contributed by atoms with van der Waals surface area (Å²) in [5.41, 5.74) is 0. The van der Waals surface area contributed by atoms with Gasteiger partial charge in [0.15, 0.2) is 0 Å². The average Bonchev–Trinajstić information content (AvgIpc) is 2.92. The van der Waals surface area contributed by atoms with Crippen LogP contribution in [0.3, 0.4) is 0 Å². The summed E-state index contributed by atoms with van der Waals surface area (Å²) in [6, 6.07) is 0. The summed E-state index contributed by atoms with van der Waals surface area (Å²) in [6.07, 6.45) is 34.1. The molecule has 0 aromatic carbocycles. The van der Waals surface area contributed by atoms with E-state index in [9.17, 15) is 4.79 Å². The molecule has 228 valence electrons. The zero-order chi connectivity index (χ0) is 27.6. The molecule has 0 spiro atoms. The quantitative estimate of drug-likeness (QED) is 0.0613. The summed E-state index contributed by atoms with van der Waals surface area (Å²) in [5, 5.41) is 0. The van der Waals surface area contributed by atoms with Gasteiger partial charge in [-0.05, 0) is 12.8 Å². The first kappa shape index (κ1) is 37.4. The Morgan fingerprint density at radius 3 is 1.11 bits per heavy atom. The Bertz CT molecular complexity index is 440. The molecule has 0 N–H and O–H groups in total. The molecule has 0 saturated carbocycles. The van der Waals surface area contributed by atoms with Crippen LogP contribution < -0.4 is 0 Å². The van der Waals surface area contributed by atoms with Gasteiger partial charge in [-0.15, -0.1) is 0 Å². The van der Waals surface area contributed by atoms with Crippen molar-refractivity contribution in [2.45, 2.75) is 181 Å². The van der Waals surface area contributed by atoms with Gasteiger partial charge >= 0.3 is 5.97 Å². The molecule has 0 aliphatic carbocycles. The maximum atomic E-state index is 11.8. The predicted molar refractivity (Wildman–Crippen MR) is 164 cm³/mol. The molecule has 0 bridgehead atoms. The largest absolute Gasteiger partial charge is 0.463 e. The maximum Gasteiger partial charge on any atom is 0.305 e. The molecule has 0 heterocycles. The van der Waals surface area contributed by atoms with E-state index < -0.39 is 0 Å². The van der Waals surface area contributed by atoms with Crippen LogP contribution in [0.5, 0.6) is 0 Å². The number of hydrogen-bond acceptors (Lipinski definition) is 4. The third-order valence-corrected chi connectivity index (χ3v) is 7.49. The van der Waals surface area contributed by atoms with Gasteiger partial charge in [-0.1, -0.05) is 162 Å². The maximum absolute atomic E-state index is 11.8. The van der Waals surface area contributed by atoms with Gasteiger partial charge in [-0.2, -0.15) is 0 Å². The molecule has 0 radical (unpaired) electrons. The number of hydrogen-bond donors (Lipinski definition) is 0. The molecule has 0 aromatic rings. The Morgan fingerprint density at radius 2 is 0.684 bits per heavy atom. The van der Waals surface area contributed by atoms with Crippen LogP contribution in [-0.2, 0) is 19.0 Å². The highest BCUT2D eigenvalue weighted by atomic mass is 16.6. The molecule has 0 aliphatic heterocycles. The summed E-state index contributed by atoms with van der Waals surface area (Å²) in [4.78, 5) is 11.8. The number of carbonyl (C=O) groups excluding carboxylic acids is 1. The number of carbonyl (C=O) groups is 1. The lowest BCUT2D eigenvalue weighted by atomic mass is 10.0. The first-order chi connectivity index (χ1) is 18.8. The van der Waals surface area contributed by atoms with E-state index in [1.54, 1.807) is 0 Å². The van der Waals surface area contributed by atoms with E-state index in [0.717, 1.165) is 25.9 Å². The molecule has 0 saturated heterocycles. The lowest BCUT2D eigenvalue weighted by molar-refractivity contribution is -0.145. The van der Waals surface area contributed by atoms with Crippen molar-refractivity contribution in [2.24, 2.45) is 0 Å². The van der Waals surface area contributed by atoms with E-state index in [1.807, 2.05) is 0 Å². The highest BCUT2D eigenvalue weighted by molar-refractivity contribution is 5.69. The van der Waals surface area contributed by atoms with Crippen molar-refractivity contribution in [3.8, 4) is 0 Å². The van der Waals surface area contributed by atoms with Gasteiger partial charge in [0.05, 0.1) is 19.8 Å². The smallest absolute Gasteiger partial charge is 0.305 e. The van der Waals surface area contributed by atoms with Crippen LogP contribution in [-0.4, -0.2) is 39.0 Å². The molecule has 0 aromatic heterocycles. The minimum atomic E-state index is -0.0829. The first-order valence-electron chi connectivity index (χ1n) is 17.1. The Labute approximate surface area is 238 Å². The highest BCUT2D eigenvalue weighted by Gasteiger charge is 2.03. The summed E-state index contributed by atoms with van der Waals surface area (Å²) in [5.74, 6) is -0.0829. The fourth-order valence-corrected chi connectivity index (χ4v) is 4.94. The van der Waals surface area contributed by atoms with E-state index >= 15 is 0 Å². The zero-order valence-corrected chi connectivity index (χ0v) is 26.1. The van der Waals surface area contributed by atoms with Gasteiger partial charge in [0.25, 0.3) is 0 Å². The van der Waals surface area contributed by atoms with Crippen molar-refractivity contribution < 1.29 is 19.0 Å². The molecule has 0 atom stereocenters. The number of esters is 1. The molecular formula is C34H68O4. The molecule has 0 fully saturated rings. The van der Waals surface area contributed by atoms with Gasteiger partial charge < -0.3 is 14.2 Å². The predicted octanol–water partition coefficient (Wildman–Crippen LogP) is 10.7. The number of unbranched alkanes of at least 4 members (excludes halogenated alkanes) is 23. The van der Waals surface area contributed by atoms with E-state index in [1.165, 1.54) is 141 Å². The van der Waals surface area contributed by atoms with Crippen LogP contribution in [0.2, 0.25) is 0 Å². The number of ether oxygens (including phenoxy) is 3.